The van der Waals surface area contributed by atoms with Crippen molar-refractivity contribution >= 4 is 28.3 Å². The number of amides is 1. The SMILES string of the molecule is Cc1cccc2c(=O)n(CCCC(=O)N(CC(C)C)c3c(N)n(CC(C)C)c(=O)[nH]c3=O)cnc12. The monoisotopic (exact) mass is 482 g/mol. The van der Waals surface area contributed by atoms with Crippen LogP contribution >= 0.6 is 0 Å². The highest BCUT2D eigenvalue weighted by atomic mass is 16.2. The first-order valence-electron chi connectivity index (χ1n) is 11.9. The summed E-state index contributed by atoms with van der Waals surface area (Å²) < 4.78 is 2.79. The van der Waals surface area contributed by atoms with Crippen molar-refractivity contribution in [3.63, 3.8) is 0 Å². The van der Waals surface area contributed by atoms with E-state index < -0.39 is 11.2 Å². The Kier molecular flexibility index (Phi) is 7.93. The molecule has 10 heteroatoms. The molecule has 10 nitrogen and oxygen atoms in total. The molecule has 0 radical (unpaired) electrons. The number of aromatic amines is 1. The molecule has 2 aromatic heterocycles. The minimum atomic E-state index is -0.688. The number of hydrogen-bond donors (Lipinski definition) is 2. The highest BCUT2D eigenvalue weighted by Crippen LogP contribution is 2.20. The van der Waals surface area contributed by atoms with Crippen molar-refractivity contribution in [2.75, 3.05) is 17.2 Å². The van der Waals surface area contributed by atoms with E-state index in [9.17, 15) is 19.2 Å². The van der Waals surface area contributed by atoms with E-state index in [4.69, 9.17) is 5.73 Å². The van der Waals surface area contributed by atoms with E-state index in [2.05, 4.69) is 9.97 Å². The molecule has 0 aliphatic heterocycles. The number of aryl methyl sites for hydroxylation is 2. The third kappa shape index (κ3) is 5.70. The summed E-state index contributed by atoms with van der Waals surface area (Å²) in [6.07, 6.45) is 1.96. The molecule has 0 aliphatic carbocycles. The number of nitrogen functional groups attached to an aromatic ring is 1. The van der Waals surface area contributed by atoms with Crippen LogP contribution in [0.2, 0.25) is 0 Å². The Balaban J connectivity index is 1.85. The van der Waals surface area contributed by atoms with Crippen LogP contribution in [0.1, 0.15) is 46.1 Å². The Morgan fingerprint density at radius 2 is 1.86 bits per heavy atom. The number of fused-ring (bicyclic) bond motifs is 1. The van der Waals surface area contributed by atoms with E-state index in [1.165, 1.54) is 20.4 Å². The number of benzene rings is 1. The molecule has 0 atom stereocenters. The van der Waals surface area contributed by atoms with E-state index in [-0.39, 0.29) is 47.8 Å². The molecule has 35 heavy (non-hydrogen) atoms. The van der Waals surface area contributed by atoms with Gasteiger partial charge in [0, 0.05) is 26.1 Å². The summed E-state index contributed by atoms with van der Waals surface area (Å²) in [5.74, 6) is -0.158. The molecule has 0 saturated heterocycles. The second-order valence-corrected chi connectivity index (χ2v) is 9.71. The molecule has 0 aliphatic rings. The van der Waals surface area contributed by atoms with Crippen LogP contribution in [0, 0.1) is 18.8 Å². The molecule has 188 valence electrons. The lowest BCUT2D eigenvalue weighted by Crippen LogP contribution is -2.43. The Morgan fingerprint density at radius 1 is 1.14 bits per heavy atom. The lowest BCUT2D eigenvalue weighted by Gasteiger charge is -2.26. The van der Waals surface area contributed by atoms with Crippen LogP contribution in [-0.4, -0.2) is 31.6 Å². The van der Waals surface area contributed by atoms with Gasteiger partial charge in [-0.25, -0.2) is 9.78 Å². The summed E-state index contributed by atoms with van der Waals surface area (Å²) in [7, 11) is 0. The van der Waals surface area contributed by atoms with Crippen molar-refractivity contribution in [1.29, 1.82) is 0 Å². The Morgan fingerprint density at radius 3 is 2.51 bits per heavy atom. The summed E-state index contributed by atoms with van der Waals surface area (Å²) in [6.45, 7) is 10.5. The topological polar surface area (TPSA) is 136 Å². The van der Waals surface area contributed by atoms with Crippen LogP contribution in [0.15, 0.2) is 38.9 Å². The molecule has 0 unspecified atom stereocenters. The van der Waals surface area contributed by atoms with E-state index in [0.29, 0.717) is 30.4 Å². The molecular formula is C25H34N6O4. The largest absolute Gasteiger partial charge is 0.383 e. The van der Waals surface area contributed by atoms with Crippen molar-refractivity contribution < 1.29 is 4.79 Å². The van der Waals surface area contributed by atoms with Crippen molar-refractivity contribution in [2.45, 2.75) is 60.5 Å². The molecule has 0 spiro atoms. The minimum Gasteiger partial charge on any atom is -0.383 e. The molecule has 1 amide bonds. The second kappa shape index (κ2) is 10.7. The number of H-pyrrole nitrogens is 1. The molecule has 0 saturated carbocycles. The first-order valence-corrected chi connectivity index (χ1v) is 11.9. The lowest BCUT2D eigenvalue weighted by molar-refractivity contribution is -0.118. The first-order chi connectivity index (χ1) is 16.5. The number of carbonyl (C=O) groups is 1. The summed E-state index contributed by atoms with van der Waals surface area (Å²) in [5.41, 5.74) is 6.38. The predicted octanol–water partition coefficient (Wildman–Crippen LogP) is 2.26. The number of anilines is 2. The second-order valence-electron chi connectivity index (χ2n) is 9.71. The standard InChI is InChI=1S/C25H34N6O4/c1-15(2)12-30(21-22(26)31(13-16(3)4)25(35)28-23(21)33)19(32)10-7-11-29-14-27-20-17(5)8-6-9-18(20)24(29)34/h6,8-9,14-16H,7,10-13,26H2,1-5H3,(H,28,33,35). The van der Waals surface area contributed by atoms with Crippen LogP contribution < -0.4 is 27.4 Å². The van der Waals surface area contributed by atoms with Gasteiger partial charge in [-0.1, -0.05) is 39.8 Å². The van der Waals surface area contributed by atoms with Gasteiger partial charge in [-0.05, 0) is 36.8 Å². The summed E-state index contributed by atoms with van der Waals surface area (Å²) in [4.78, 5) is 59.2. The lowest BCUT2D eigenvalue weighted by atomic mass is 10.1. The summed E-state index contributed by atoms with van der Waals surface area (Å²) >= 11 is 0. The van der Waals surface area contributed by atoms with Crippen molar-refractivity contribution in [1.82, 2.24) is 19.1 Å². The Bertz CT molecular complexity index is 1400. The number of aromatic nitrogens is 4. The maximum atomic E-state index is 13.3. The average molecular weight is 483 g/mol. The van der Waals surface area contributed by atoms with E-state index >= 15 is 0 Å². The normalized spacial score (nSPS) is 11.5. The molecular weight excluding hydrogens is 448 g/mol. The van der Waals surface area contributed by atoms with Crippen molar-refractivity contribution in [3.05, 3.63) is 61.3 Å². The van der Waals surface area contributed by atoms with Crippen LogP contribution in [0.4, 0.5) is 11.5 Å². The number of rotatable bonds is 9. The number of nitrogens with one attached hydrogen (secondary N) is 1. The van der Waals surface area contributed by atoms with Crippen LogP contribution in [-0.2, 0) is 17.9 Å². The Hall–Kier alpha value is -3.69. The number of nitrogens with two attached hydrogens (primary N) is 1. The van der Waals surface area contributed by atoms with Gasteiger partial charge in [0.05, 0.1) is 17.2 Å². The van der Waals surface area contributed by atoms with E-state index in [1.807, 2.05) is 46.8 Å². The van der Waals surface area contributed by atoms with Gasteiger partial charge in [0.2, 0.25) is 5.91 Å². The summed E-state index contributed by atoms with van der Waals surface area (Å²) in [5, 5.41) is 0.534. The van der Waals surface area contributed by atoms with Crippen LogP contribution in [0.3, 0.4) is 0 Å². The zero-order valence-corrected chi connectivity index (χ0v) is 21.0. The maximum absolute atomic E-state index is 13.3. The predicted molar refractivity (Wildman–Crippen MR) is 138 cm³/mol. The number of para-hydroxylation sites is 1. The van der Waals surface area contributed by atoms with Gasteiger partial charge in [0.15, 0.2) is 5.69 Å². The highest BCUT2D eigenvalue weighted by molar-refractivity contribution is 5.95. The number of nitrogens with zero attached hydrogens (tertiary/aromatic N) is 4. The van der Waals surface area contributed by atoms with Gasteiger partial charge in [-0.2, -0.15) is 0 Å². The fraction of sp³-hybridized carbons (Fsp3) is 0.480. The zero-order chi connectivity index (χ0) is 25.9. The third-order valence-electron chi connectivity index (χ3n) is 5.73. The first kappa shape index (κ1) is 25.9. The minimum absolute atomic E-state index is 0.0102. The van der Waals surface area contributed by atoms with Crippen LogP contribution in [0.5, 0.6) is 0 Å². The third-order valence-corrected chi connectivity index (χ3v) is 5.73. The average Bonchev–Trinajstić information content (AvgIpc) is 2.77. The molecule has 1 aromatic carbocycles. The number of hydrogen-bond acceptors (Lipinski definition) is 6. The molecule has 3 N–H and O–H groups in total. The Labute approximate surface area is 203 Å². The smallest absolute Gasteiger partial charge is 0.330 e. The van der Waals surface area contributed by atoms with Crippen molar-refractivity contribution in [3.8, 4) is 0 Å². The molecule has 0 bridgehead atoms. The number of carbonyl (C=O) groups excluding carboxylic acids is 1. The fourth-order valence-corrected chi connectivity index (χ4v) is 4.10. The van der Waals surface area contributed by atoms with Gasteiger partial charge in [0.1, 0.15) is 5.82 Å². The van der Waals surface area contributed by atoms with E-state index in [1.54, 1.807) is 6.07 Å². The molecule has 3 rings (SSSR count). The molecule has 3 aromatic rings. The molecule has 0 fully saturated rings. The van der Waals surface area contributed by atoms with Gasteiger partial charge in [-0.15, -0.1) is 0 Å². The van der Waals surface area contributed by atoms with Gasteiger partial charge in [-0.3, -0.25) is 28.5 Å². The van der Waals surface area contributed by atoms with Gasteiger partial charge < -0.3 is 10.6 Å². The highest BCUT2D eigenvalue weighted by Gasteiger charge is 2.25. The van der Waals surface area contributed by atoms with Crippen molar-refractivity contribution in [2.24, 2.45) is 11.8 Å². The summed E-state index contributed by atoms with van der Waals surface area (Å²) in [6, 6.07) is 5.46. The maximum Gasteiger partial charge on any atom is 0.330 e. The van der Waals surface area contributed by atoms with Gasteiger partial charge >= 0.3 is 5.69 Å². The quantitative estimate of drug-likeness (QED) is 0.480. The van der Waals surface area contributed by atoms with E-state index in [0.717, 1.165) is 5.56 Å². The zero-order valence-electron chi connectivity index (χ0n) is 21.0. The van der Waals surface area contributed by atoms with Gasteiger partial charge in [0.25, 0.3) is 11.1 Å². The molecule has 2 heterocycles. The fourth-order valence-electron chi connectivity index (χ4n) is 4.10. The van der Waals surface area contributed by atoms with Crippen LogP contribution in [0.25, 0.3) is 10.9 Å².